The Morgan fingerprint density at radius 2 is 2.11 bits per heavy atom. The maximum absolute atomic E-state index is 13.1. The van der Waals surface area contributed by atoms with Crippen LogP contribution in [0.4, 0.5) is 0 Å². The summed E-state index contributed by atoms with van der Waals surface area (Å²) in [6.45, 7) is 4.81. The van der Waals surface area contributed by atoms with Gasteiger partial charge >= 0.3 is 0 Å². The molecule has 0 unspecified atom stereocenters. The van der Waals surface area contributed by atoms with Crippen molar-refractivity contribution in [3.05, 3.63) is 53.6 Å². The highest BCUT2D eigenvalue weighted by atomic mass is 16.5. The Kier molecular flexibility index (Phi) is 4.51. The van der Waals surface area contributed by atoms with Crippen molar-refractivity contribution in [3.63, 3.8) is 0 Å². The van der Waals surface area contributed by atoms with Gasteiger partial charge in [-0.05, 0) is 31.7 Å². The van der Waals surface area contributed by atoms with Gasteiger partial charge in [-0.15, -0.1) is 0 Å². The van der Waals surface area contributed by atoms with Crippen molar-refractivity contribution in [2.24, 2.45) is 17.8 Å². The Labute approximate surface area is 165 Å². The van der Waals surface area contributed by atoms with E-state index >= 15 is 0 Å². The molecule has 6 heteroatoms. The molecular weight excluding hydrogens is 352 g/mol. The smallest absolute Gasteiger partial charge is 0.225 e. The maximum atomic E-state index is 13.1. The molecule has 0 bridgehead atoms. The van der Waals surface area contributed by atoms with Crippen LogP contribution in [0, 0.1) is 24.7 Å². The van der Waals surface area contributed by atoms with E-state index in [9.17, 15) is 4.79 Å². The van der Waals surface area contributed by atoms with Crippen LogP contribution in [0.3, 0.4) is 0 Å². The van der Waals surface area contributed by atoms with Gasteiger partial charge in [-0.3, -0.25) is 19.7 Å². The van der Waals surface area contributed by atoms with E-state index in [0.29, 0.717) is 13.2 Å². The van der Waals surface area contributed by atoms with Crippen molar-refractivity contribution in [2.75, 3.05) is 19.7 Å². The van der Waals surface area contributed by atoms with Crippen LogP contribution in [0.5, 0.6) is 5.75 Å². The molecule has 3 atom stereocenters. The number of aromatic nitrogens is 2. The largest absolute Gasteiger partial charge is 0.493 e. The number of para-hydroxylation sites is 1. The summed E-state index contributed by atoms with van der Waals surface area (Å²) >= 11 is 0. The lowest BCUT2D eigenvalue weighted by Crippen LogP contribution is -2.38. The van der Waals surface area contributed by atoms with Gasteiger partial charge in [-0.1, -0.05) is 18.2 Å². The molecule has 6 nitrogen and oxygen atoms in total. The number of hydrogen-bond donors (Lipinski definition) is 1. The second-order valence-electron chi connectivity index (χ2n) is 8.33. The Morgan fingerprint density at radius 3 is 2.89 bits per heavy atom. The van der Waals surface area contributed by atoms with Crippen LogP contribution in [-0.2, 0) is 11.3 Å². The van der Waals surface area contributed by atoms with E-state index in [4.69, 9.17) is 4.74 Å². The molecule has 1 amide bonds. The SMILES string of the molecule is Cc1cnc(CNC(=O)[C@@H]2CN(CC3CC3)[C@H]3c4ccccc4OC[C@@H]23)cn1. The summed E-state index contributed by atoms with van der Waals surface area (Å²) in [6, 6.07) is 8.58. The number of likely N-dealkylation sites (tertiary alicyclic amines) is 1. The first kappa shape index (κ1) is 17.6. The molecule has 1 aliphatic carbocycles. The number of rotatable bonds is 5. The molecule has 0 spiro atoms. The van der Waals surface area contributed by atoms with Crippen LogP contribution in [0.15, 0.2) is 36.7 Å². The first-order chi connectivity index (χ1) is 13.7. The number of carbonyl (C=O) groups is 1. The number of ether oxygens (including phenoxy) is 1. The van der Waals surface area contributed by atoms with Crippen LogP contribution < -0.4 is 10.1 Å². The summed E-state index contributed by atoms with van der Waals surface area (Å²) in [6.07, 6.45) is 6.09. The van der Waals surface area contributed by atoms with E-state index in [0.717, 1.165) is 36.1 Å². The molecule has 0 radical (unpaired) electrons. The van der Waals surface area contributed by atoms with Crippen LogP contribution in [0.1, 0.15) is 35.8 Å². The molecule has 2 aliphatic heterocycles. The predicted octanol–water partition coefficient (Wildman–Crippen LogP) is 2.49. The summed E-state index contributed by atoms with van der Waals surface area (Å²) in [5, 5.41) is 3.08. The van der Waals surface area contributed by atoms with Crippen molar-refractivity contribution in [3.8, 4) is 5.75 Å². The summed E-state index contributed by atoms with van der Waals surface area (Å²) in [5.74, 6) is 1.99. The Balaban J connectivity index is 1.33. The Bertz CT molecular complexity index is 865. The molecule has 1 N–H and O–H groups in total. The minimum absolute atomic E-state index is 0.0597. The van der Waals surface area contributed by atoms with Crippen LogP contribution in [0.25, 0.3) is 0 Å². The first-order valence-corrected chi connectivity index (χ1v) is 10.2. The number of nitrogens with zero attached hydrogens (tertiary/aromatic N) is 3. The van der Waals surface area contributed by atoms with E-state index in [2.05, 4.69) is 32.3 Å². The topological polar surface area (TPSA) is 67.4 Å². The molecule has 2 fully saturated rings. The van der Waals surface area contributed by atoms with Gasteiger partial charge in [-0.2, -0.15) is 0 Å². The monoisotopic (exact) mass is 378 g/mol. The van der Waals surface area contributed by atoms with Crippen LogP contribution in [0.2, 0.25) is 0 Å². The highest BCUT2D eigenvalue weighted by molar-refractivity contribution is 5.80. The summed E-state index contributed by atoms with van der Waals surface area (Å²) in [4.78, 5) is 24.2. The molecule has 1 aromatic carbocycles. The summed E-state index contributed by atoms with van der Waals surface area (Å²) in [7, 11) is 0. The van der Waals surface area contributed by atoms with Gasteiger partial charge in [0.25, 0.3) is 0 Å². The van der Waals surface area contributed by atoms with Gasteiger partial charge in [0.05, 0.1) is 36.7 Å². The third-order valence-corrected chi connectivity index (χ3v) is 6.22. The van der Waals surface area contributed by atoms with Gasteiger partial charge < -0.3 is 10.1 Å². The number of carbonyl (C=O) groups excluding carboxylic acids is 1. The standard InChI is InChI=1S/C22H26N4O2/c1-14-8-24-16(9-23-14)10-25-22(27)18-12-26(11-15-6-7-15)21-17-4-2-3-5-20(17)28-13-19(18)21/h2-5,8-9,15,18-19,21H,6-7,10-13H2,1H3,(H,25,27)/t18-,19+,21+/m1/s1. The van der Waals surface area contributed by atoms with E-state index in [1.54, 1.807) is 12.4 Å². The van der Waals surface area contributed by atoms with Crippen LogP contribution >= 0.6 is 0 Å². The highest BCUT2D eigenvalue weighted by Crippen LogP contribution is 2.48. The zero-order chi connectivity index (χ0) is 19.1. The molecule has 3 aliphatic rings. The second kappa shape index (κ2) is 7.17. The molecule has 1 saturated heterocycles. The lowest BCUT2D eigenvalue weighted by molar-refractivity contribution is -0.126. The lowest BCUT2D eigenvalue weighted by Gasteiger charge is -2.34. The van der Waals surface area contributed by atoms with Gasteiger partial charge in [0.2, 0.25) is 5.91 Å². The molecule has 5 rings (SSSR count). The van der Waals surface area contributed by atoms with Gasteiger partial charge in [0.15, 0.2) is 0 Å². The van der Waals surface area contributed by atoms with Gasteiger partial charge in [-0.25, -0.2) is 0 Å². The van der Waals surface area contributed by atoms with E-state index < -0.39 is 0 Å². The van der Waals surface area contributed by atoms with Gasteiger partial charge in [0, 0.05) is 36.8 Å². The molecule has 2 aromatic rings. The molecule has 146 valence electrons. The summed E-state index contributed by atoms with van der Waals surface area (Å²) in [5.41, 5.74) is 2.90. The fourth-order valence-electron chi connectivity index (χ4n) is 4.59. The number of fused-ring (bicyclic) bond motifs is 3. The molecular formula is C22H26N4O2. The minimum Gasteiger partial charge on any atom is -0.493 e. The van der Waals surface area contributed by atoms with E-state index in [1.807, 2.05) is 19.1 Å². The number of hydrogen-bond acceptors (Lipinski definition) is 5. The van der Waals surface area contributed by atoms with Gasteiger partial charge in [0.1, 0.15) is 5.75 Å². The van der Waals surface area contributed by atoms with Crippen LogP contribution in [-0.4, -0.2) is 40.5 Å². The molecule has 1 saturated carbocycles. The lowest BCUT2D eigenvalue weighted by atomic mass is 9.85. The second-order valence-corrected chi connectivity index (χ2v) is 8.33. The summed E-state index contributed by atoms with van der Waals surface area (Å²) < 4.78 is 6.03. The predicted molar refractivity (Wildman–Crippen MR) is 105 cm³/mol. The average molecular weight is 378 g/mol. The first-order valence-electron chi connectivity index (χ1n) is 10.2. The van der Waals surface area contributed by atoms with Crippen molar-refractivity contribution >= 4 is 5.91 Å². The number of benzene rings is 1. The van der Waals surface area contributed by atoms with Crippen molar-refractivity contribution in [1.29, 1.82) is 0 Å². The average Bonchev–Trinajstić information content (AvgIpc) is 3.46. The number of nitrogens with one attached hydrogen (secondary N) is 1. The number of amides is 1. The van der Waals surface area contributed by atoms with E-state index in [1.165, 1.54) is 18.4 Å². The molecule has 28 heavy (non-hydrogen) atoms. The quantitative estimate of drug-likeness (QED) is 0.866. The molecule has 3 heterocycles. The normalized spacial score (nSPS) is 26.2. The fourth-order valence-corrected chi connectivity index (χ4v) is 4.59. The van der Waals surface area contributed by atoms with Crippen molar-refractivity contribution < 1.29 is 9.53 Å². The minimum atomic E-state index is -0.0597. The third-order valence-electron chi connectivity index (χ3n) is 6.22. The zero-order valence-corrected chi connectivity index (χ0v) is 16.2. The Morgan fingerprint density at radius 1 is 1.25 bits per heavy atom. The van der Waals surface area contributed by atoms with E-state index in [-0.39, 0.29) is 23.8 Å². The number of aryl methyl sites for hydroxylation is 1. The molecule has 1 aromatic heterocycles. The Hall–Kier alpha value is -2.47. The third kappa shape index (κ3) is 3.37. The van der Waals surface area contributed by atoms with Crippen molar-refractivity contribution in [1.82, 2.24) is 20.2 Å². The highest BCUT2D eigenvalue weighted by Gasteiger charge is 2.49. The fraction of sp³-hybridized carbons (Fsp3) is 0.500. The van der Waals surface area contributed by atoms with Crippen molar-refractivity contribution in [2.45, 2.75) is 32.4 Å². The zero-order valence-electron chi connectivity index (χ0n) is 16.2. The maximum Gasteiger partial charge on any atom is 0.225 e.